The molecule has 2 N–H and O–H groups in total. The Morgan fingerprint density at radius 2 is 2.12 bits per heavy atom. The third kappa shape index (κ3) is 3.39. The summed E-state index contributed by atoms with van der Waals surface area (Å²) in [5, 5.41) is 3.12. The van der Waals surface area contributed by atoms with E-state index in [4.69, 9.17) is 0 Å². The van der Waals surface area contributed by atoms with E-state index in [1.165, 1.54) is 16.8 Å². The number of pyridine rings is 1. The van der Waals surface area contributed by atoms with Gasteiger partial charge in [-0.15, -0.1) is 0 Å². The standard InChI is InChI=1S/C17H22N4O3/c1-2-3-4-5-8-18-15(22)11-9-13-14(19-10-11)21(12-6-7-12)17(24)20-16(13)23/h9-10,12H,2-8H2,1H3,(H,18,22)(H,20,23,24). The Balaban J connectivity index is 1.82. The fraction of sp³-hybridized carbons (Fsp3) is 0.529. The van der Waals surface area contributed by atoms with Crippen LogP contribution in [0.3, 0.4) is 0 Å². The first kappa shape index (κ1) is 16.4. The van der Waals surface area contributed by atoms with E-state index >= 15 is 0 Å². The summed E-state index contributed by atoms with van der Waals surface area (Å²) in [7, 11) is 0. The summed E-state index contributed by atoms with van der Waals surface area (Å²) >= 11 is 0. The Hall–Kier alpha value is -2.44. The number of hydrogen-bond acceptors (Lipinski definition) is 4. The molecule has 1 fully saturated rings. The van der Waals surface area contributed by atoms with Gasteiger partial charge in [0, 0.05) is 18.8 Å². The van der Waals surface area contributed by atoms with E-state index < -0.39 is 11.2 Å². The van der Waals surface area contributed by atoms with E-state index in [0.29, 0.717) is 17.8 Å². The van der Waals surface area contributed by atoms with E-state index in [-0.39, 0.29) is 17.3 Å². The molecule has 1 aliphatic carbocycles. The third-order valence-electron chi connectivity index (χ3n) is 4.27. The van der Waals surface area contributed by atoms with Gasteiger partial charge in [0.15, 0.2) is 0 Å². The summed E-state index contributed by atoms with van der Waals surface area (Å²) in [4.78, 5) is 42.8. The lowest BCUT2D eigenvalue weighted by molar-refractivity contribution is 0.0952. The zero-order chi connectivity index (χ0) is 17.1. The molecule has 24 heavy (non-hydrogen) atoms. The van der Waals surface area contributed by atoms with Crippen molar-refractivity contribution in [3.05, 3.63) is 38.7 Å². The first-order valence-electron chi connectivity index (χ1n) is 8.54. The van der Waals surface area contributed by atoms with Gasteiger partial charge < -0.3 is 5.32 Å². The predicted molar refractivity (Wildman–Crippen MR) is 91.4 cm³/mol. The van der Waals surface area contributed by atoms with Gasteiger partial charge in [0.2, 0.25) is 0 Å². The van der Waals surface area contributed by atoms with Crippen LogP contribution in [0.1, 0.15) is 61.8 Å². The van der Waals surface area contributed by atoms with E-state index in [2.05, 4.69) is 22.2 Å². The van der Waals surface area contributed by atoms with Crippen LogP contribution in [0.4, 0.5) is 0 Å². The fourth-order valence-corrected chi connectivity index (χ4v) is 2.79. The van der Waals surface area contributed by atoms with Gasteiger partial charge in [0.05, 0.1) is 10.9 Å². The predicted octanol–water partition coefficient (Wildman–Crippen LogP) is 1.73. The van der Waals surface area contributed by atoms with Crippen molar-refractivity contribution in [3.8, 4) is 0 Å². The SMILES string of the molecule is CCCCCCNC(=O)c1cnc2c(c1)c(=O)[nH]c(=O)n2C1CC1. The maximum Gasteiger partial charge on any atom is 0.330 e. The number of carbonyl (C=O) groups is 1. The number of amides is 1. The molecule has 0 saturated heterocycles. The van der Waals surface area contributed by atoms with Crippen LogP contribution in [0.2, 0.25) is 0 Å². The average molecular weight is 330 g/mol. The molecule has 1 saturated carbocycles. The van der Waals surface area contributed by atoms with Gasteiger partial charge >= 0.3 is 5.69 Å². The minimum Gasteiger partial charge on any atom is -0.352 e. The van der Waals surface area contributed by atoms with Crippen molar-refractivity contribution in [1.82, 2.24) is 19.9 Å². The van der Waals surface area contributed by atoms with Crippen molar-refractivity contribution < 1.29 is 4.79 Å². The second-order valence-corrected chi connectivity index (χ2v) is 6.27. The van der Waals surface area contributed by atoms with Gasteiger partial charge in [-0.25, -0.2) is 9.78 Å². The Bertz CT molecular complexity index is 864. The molecule has 2 aromatic rings. The minimum atomic E-state index is -0.503. The van der Waals surface area contributed by atoms with E-state index in [9.17, 15) is 14.4 Å². The number of unbranched alkanes of at least 4 members (excludes halogenated alkanes) is 3. The number of nitrogens with one attached hydrogen (secondary N) is 2. The summed E-state index contributed by atoms with van der Waals surface area (Å²) in [5.74, 6) is -0.246. The zero-order valence-electron chi connectivity index (χ0n) is 13.8. The van der Waals surface area contributed by atoms with Crippen LogP contribution in [0.25, 0.3) is 11.0 Å². The number of aromatic amines is 1. The monoisotopic (exact) mass is 330 g/mol. The van der Waals surface area contributed by atoms with Gasteiger partial charge in [-0.2, -0.15) is 0 Å². The van der Waals surface area contributed by atoms with E-state index in [1.54, 1.807) is 0 Å². The summed E-state index contributed by atoms with van der Waals surface area (Å²) in [5.41, 5.74) is -0.247. The zero-order valence-corrected chi connectivity index (χ0v) is 13.8. The van der Waals surface area contributed by atoms with Crippen molar-refractivity contribution in [2.75, 3.05) is 6.54 Å². The smallest absolute Gasteiger partial charge is 0.330 e. The molecule has 0 radical (unpaired) electrons. The highest BCUT2D eigenvalue weighted by molar-refractivity contribution is 5.96. The Morgan fingerprint density at radius 1 is 1.33 bits per heavy atom. The van der Waals surface area contributed by atoms with E-state index in [1.807, 2.05) is 0 Å². The summed E-state index contributed by atoms with van der Waals surface area (Å²) in [6, 6.07) is 1.61. The number of carbonyl (C=O) groups excluding carboxylic acids is 1. The molecular weight excluding hydrogens is 308 g/mol. The minimum absolute atomic E-state index is 0.0996. The number of aromatic nitrogens is 3. The second kappa shape index (κ2) is 6.98. The van der Waals surface area contributed by atoms with Crippen LogP contribution in [0, 0.1) is 0 Å². The third-order valence-corrected chi connectivity index (χ3v) is 4.27. The van der Waals surface area contributed by atoms with Crippen molar-refractivity contribution in [1.29, 1.82) is 0 Å². The molecule has 1 amide bonds. The lowest BCUT2D eigenvalue weighted by Crippen LogP contribution is -2.31. The Labute approximate surface area is 139 Å². The summed E-state index contributed by atoms with van der Waals surface area (Å²) < 4.78 is 1.52. The van der Waals surface area contributed by atoms with Crippen LogP contribution in [0.15, 0.2) is 21.9 Å². The van der Waals surface area contributed by atoms with Crippen LogP contribution in [-0.2, 0) is 0 Å². The van der Waals surface area contributed by atoms with Gasteiger partial charge in [0.1, 0.15) is 5.65 Å². The molecule has 2 heterocycles. The summed E-state index contributed by atoms with van der Waals surface area (Å²) in [6.45, 7) is 2.74. The lowest BCUT2D eigenvalue weighted by Gasteiger charge is -2.09. The van der Waals surface area contributed by atoms with Crippen LogP contribution in [-0.4, -0.2) is 27.0 Å². The molecule has 0 aromatic carbocycles. The van der Waals surface area contributed by atoms with Crippen LogP contribution in [0.5, 0.6) is 0 Å². The first-order chi connectivity index (χ1) is 11.6. The van der Waals surface area contributed by atoms with Gasteiger partial charge in [0.25, 0.3) is 11.5 Å². The number of H-pyrrole nitrogens is 1. The number of hydrogen-bond donors (Lipinski definition) is 2. The molecule has 0 spiro atoms. The molecule has 128 valence electrons. The molecule has 0 unspecified atom stereocenters. The van der Waals surface area contributed by atoms with Crippen molar-refractivity contribution in [3.63, 3.8) is 0 Å². The molecule has 7 heteroatoms. The summed E-state index contributed by atoms with van der Waals surface area (Å²) in [6.07, 6.45) is 7.56. The molecule has 7 nitrogen and oxygen atoms in total. The Kier molecular flexibility index (Phi) is 4.78. The molecular formula is C17H22N4O3. The second-order valence-electron chi connectivity index (χ2n) is 6.27. The molecule has 1 aliphatic rings. The van der Waals surface area contributed by atoms with Gasteiger partial charge in [-0.3, -0.25) is 19.1 Å². The number of rotatable bonds is 7. The number of fused-ring (bicyclic) bond motifs is 1. The largest absolute Gasteiger partial charge is 0.352 e. The first-order valence-corrected chi connectivity index (χ1v) is 8.54. The molecule has 0 aliphatic heterocycles. The molecule has 0 atom stereocenters. The topological polar surface area (TPSA) is 96.8 Å². The molecule has 3 rings (SSSR count). The van der Waals surface area contributed by atoms with Crippen molar-refractivity contribution >= 4 is 16.9 Å². The lowest BCUT2D eigenvalue weighted by atomic mass is 10.2. The van der Waals surface area contributed by atoms with Gasteiger partial charge in [-0.05, 0) is 25.3 Å². The highest BCUT2D eigenvalue weighted by atomic mass is 16.2. The van der Waals surface area contributed by atoms with Crippen LogP contribution >= 0.6 is 0 Å². The normalized spacial score (nSPS) is 14.0. The van der Waals surface area contributed by atoms with Crippen LogP contribution < -0.4 is 16.6 Å². The average Bonchev–Trinajstić information content (AvgIpc) is 3.39. The van der Waals surface area contributed by atoms with Gasteiger partial charge in [-0.1, -0.05) is 26.2 Å². The fourth-order valence-electron chi connectivity index (χ4n) is 2.79. The maximum absolute atomic E-state index is 12.2. The van der Waals surface area contributed by atoms with E-state index in [0.717, 1.165) is 38.5 Å². The maximum atomic E-state index is 12.2. The van der Waals surface area contributed by atoms with Crippen molar-refractivity contribution in [2.45, 2.75) is 51.5 Å². The highest BCUT2D eigenvalue weighted by Crippen LogP contribution is 2.34. The number of nitrogens with zero attached hydrogens (tertiary/aromatic N) is 2. The molecule has 0 bridgehead atoms. The Morgan fingerprint density at radius 3 is 2.83 bits per heavy atom. The quantitative estimate of drug-likeness (QED) is 0.756. The molecule has 2 aromatic heterocycles. The highest BCUT2D eigenvalue weighted by Gasteiger charge is 2.27. The van der Waals surface area contributed by atoms with Crippen molar-refractivity contribution in [2.24, 2.45) is 0 Å².